The van der Waals surface area contributed by atoms with Crippen molar-refractivity contribution in [1.82, 2.24) is 0 Å². The molecule has 20 heavy (non-hydrogen) atoms. The first-order chi connectivity index (χ1) is 9.40. The topological polar surface area (TPSA) is 43.4 Å². The van der Waals surface area contributed by atoms with E-state index in [2.05, 4.69) is 13.8 Å². The van der Waals surface area contributed by atoms with Crippen LogP contribution in [0.25, 0.3) is 0 Å². The van der Waals surface area contributed by atoms with Crippen molar-refractivity contribution in [3.8, 4) is 0 Å². The summed E-state index contributed by atoms with van der Waals surface area (Å²) in [6.07, 6.45) is 3.96. The van der Waals surface area contributed by atoms with Gasteiger partial charge >= 0.3 is 0 Å². The highest BCUT2D eigenvalue weighted by atomic mass is 32.2. The van der Waals surface area contributed by atoms with Gasteiger partial charge in [0.15, 0.2) is 0 Å². The molecular formula is C16H24O3S. The van der Waals surface area contributed by atoms with Gasteiger partial charge in [0.05, 0.1) is 11.0 Å². The molecule has 1 aliphatic rings. The fraction of sp³-hybridized carbons (Fsp3) is 0.625. The van der Waals surface area contributed by atoms with Crippen molar-refractivity contribution in [1.29, 1.82) is 0 Å². The van der Waals surface area contributed by atoms with Gasteiger partial charge in [-0.3, -0.25) is 4.18 Å². The fourth-order valence-corrected chi connectivity index (χ4v) is 4.08. The van der Waals surface area contributed by atoms with Crippen molar-refractivity contribution in [3.63, 3.8) is 0 Å². The van der Waals surface area contributed by atoms with Crippen LogP contribution in [0.3, 0.4) is 0 Å². The first-order valence-corrected chi connectivity index (χ1v) is 8.81. The van der Waals surface area contributed by atoms with Gasteiger partial charge in [-0.05, 0) is 43.7 Å². The van der Waals surface area contributed by atoms with Crippen LogP contribution in [0.4, 0.5) is 0 Å². The molecule has 0 N–H and O–H groups in total. The second-order valence-electron chi connectivity index (χ2n) is 6.09. The normalized spacial score (nSPS) is 24.0. The quantitative estimate of drug-likeness (QED) is 0.791. The molecule has 0 spiro atoms. The van der Waals surface area contributed by atoms with Crippen molar-refractivity contribution in [3.05, 3.63) is 29.8 Å². The van der Waals surface area contributed by atoms with Crippen LogP contribution in [0.2, 0.25) is 0 Å². The zero-order valence-electron chi connectivity index (χ0n) is 12.5. The van der Waals surface area contributed by atoms with Gasteiger partial charge < -0.3 is 0 Å². The average Bonchev–Trinajstić information content (AvgIpc) is 2.39. The number of hydrogen-bond acceptors (Lipinski definition) is 3. The van der Waals surface area contributed by atoms with Gasteiger partial charge in [0, 0.05) is 0 Å². The standard InChI is InChI=1S/C16H24O3S/c1-12(2)15-6-4-5-7-16(15)19-20(17,18)14-10-8-13(3)9-11-14/h8-12,15-16H,4-7H2,1-3H3. The minimum Gasteiger partial charge on any atom is -0.263 e. The Kier molecular flexibility index (Phi) is 4.86. The average molecular weight is 296 g/mol. The highest BCUT2D eigenvalue weighted by Gasteiger charge is 2.32. The monoisotopic (exact) mass is 296 g/mol. The van der Waals surface area contributed by atoms with E-state index in [1.54, 1.807) is 24.3 Å². The molecule has 0 aromatic heterocycles. The minimum absolute atomic E-state index is 0.171. The van der Waals surface area contributed by atoms with Crippen LogP contribution >= 0.6 is 0 Å². The number of hydrogen-bond donors (Lipinski definition) is 0. The van der Waals surface area contributed by atoms with Gasteiger partial charge in [0.2, 0.25) is 0 Å². The Balaban J connectivity index is 2.16. The van der Waals surface area contributed by atoms with Crippen molar-refractivity contribution in [2.45, 2.75) is 57.5 Å². The Labute approximate surface area is 122 Å². The highest BCUT2D eigenvalue weighted by molar-refractivity contribution is 7.86. The summed E-state index contributed by atoms with van der Waals surface area (Å²) >= 11 is 0. The molecular weight excluding hydrogens is 272 g/mol. The summed E-state index contributed by atoms with van der Waals surface area (Å²) in [6.45, 7) is 6.23. The van der Waals surface area contributed by atoms with Gasteiger partial charge in [-0.25, -0.2) is 0 Å². The molecule has 1 aliphatic carbocycles. The van der Waals surface area contributed by atoms with Crippen molar-refractivity contribution in [2.75, 3.05) is 0 Å². The molecule has 3 nitrogen and oxygen atoms in total. The molecule has 0 bridgehead atoms. The summed E-state index contributed by atoms with van der Waals surface area (Å²) in [5, 5.41) is 0. The lowest BCUT2D eigenvalue weighted by molar-refractivity contribution is 0.0719. The molecule has 0 heterocycles. The first-order valence-electron chi connectivity index (χ1n) is 7.40. The Bertz CT molecular complexity index is 531. The predicted molar refractivity (Wildman–Crippen MR) is 80.0 cm³/mol. The van der Waals surface area contributed by atoms with Crippen LogP contribution < -0.4 is 0 Å². The third-order valence-corrected chi connectivity index (χ3v) is 5.52. The van der Waals surface area contributed by atoms with Gasteiger partial charge in [-0.1, -0.05) is 44.4 Å². The summed E-state index contributed by atoms with van der Waals surface area (Å²) in [4.78, 5) is 0.260. The Morgan fingerprint density at radius 1 is 1.10 bits per heavy atom. The van der Waals surface area contributed by atoms with E-state index < -0.39 is 10.1 Å². The third kappa shape index (κ3) is 3.61. The minimum atomic E-state index is -3.64. The maximum atomic E-state index is 12.4. The number of aryl methyl sites for hydroxylation is 1. The Hall–Kier alpha value is -0.870. The molecule has 4 heteroatoms. The number of benzene rings is 1. The van der Waals surface area contributed by atoms with E-state index in [9.17, 15) is 8.42 Å². The molecule has 2 unspecified atom stereocenters. The van der Waals surface area contributed by atoms with Crippen LogP contribution in [0, 0.1) is 18.8 Å². The molecule has 0 amide bonds. The van der Waals surface area contributed by atoms with Gasteiger partial charge in [-0.15, -0.1) is 0 Å². The lowest BCUT2D eigenvalue weighted by Gasteiger charge is -2.33. The lowest BCUT2D eigenvalue weighted by atomic mass is 9.79. The van der Waals surface area contributed by atoms with Crippen molar-refractivity contribution in [2.24, 2.45) is 11.8 Å². The second-order valence-corrected chi connectivity index (χ2v) is 7.67. The SMILES string of the molecule is Cc1ccc(S(=O)(=O)OC2CCCCC2C(C)C)cc1. The van der Waals surface area contributed by atoms with Gasteiger partial charge in [-0.2, -0.15) is 8.42 Å². The highest BCUT2D eigenvalue weighted by Crippen LogP contribution is 2.34. The smallest absolute Gasteiger partial charge is 0.263 e. The van der Waals surface area contributed by atoms with Crippen LogP contribution in [-0.2, 0) is 14.3 Å². The third-order valence-electron chi connectivity index (χ3n) is 4.17. The van der Waals surface area contributed by atoms with Crippen LogP contribution in [-0.4, -0.2) is 14.5 Å². The summed E-state index contributed by atoms with van der Waals surface area (Å²) in [6, 6.07) is 6.85. The van der Waals surface area contributed by atoms with E-state index in [1.165, 1.54) is 6.42 Å². The van der Waals surface area contributed by atoms with Crippen molar-refractivity contribution < 1.29 is 12.6 Å². The van der Waals surface area contributed by atoms with E-state index in [-0.39, 0.29) is 11.0 Å². The molecule has 2 rings (SSSR count). The Morgan fingerprint density at radius 3 is 2.30 bits per heavy atom. The molecule has 0 saturated heterocycles. The fourth-order valence-electron chi connectivity index (χ4n) is 2.93. The maximum absolute atomic E-state index is 12.4. The summed E-state index contributed by atoms with van der Waals surface area (Å²) in [7, 11) is -3.64. The second kappa shape index (κ2) is 6.27. The van der Waals surface area contributed by atoms with Crippen LogP contribution in [0.1, 0.15) is 45.1 Å². The van der Waals surface area contributed by atoms with E-state index in [0.717, 1.165) is 24.8 Å². The molecule has 1 fully saturated rings. The van der Waals surface area contributed by atoms with E-state index in [0.29, 0.717) is 11.8 Å². The van der Waals surface area contributed by atoms with Crippen LogP contribution in [0.15, 0.2) is 29.2 Å². The van der Waals surface area contributed by atoms with Crippen LogP contribution in [0.5, 0.6) is 0 Å². The summed E-state index contributed by atoms with van der Waals surface area (Å²) in [5.74, 6) is 0.789. The lowest BCUT2D eigenvalue weighted by Crippen LogP contribution is -2.33. The maximum Gasteiger partial charge on any atom is 0.297 e. The summed E-state index contributed by atoms with van der Waals surface area (Å²) in [5.41, 5.74) is 1.04. The molecule has 1 aromatic carbocycles. The van der Waals surface area contributed by atoms with Crippen molar-refractivity contribution >= 4 is 10.1 Å². The molecule has 0 aliphatic heterocycles. The largest absolute Gasteiger partial charge is 0.297 e. The predicted octanol–water partition coefficient (Wildman–Crippen LogP) is 3.92. The molecule has 1 saturated carbocycles. The van der Waals surface area contributed by atoms with Gasteiger partial charge in [0.25, 0.3) is 10.1 Å². The molecule has 1 aromatic rings. The zero-order valence-corrected chi connectivity index (χ0v) is 13.3. The molecule has 112 valence electrons. The first kappa shape index (κ1) is 15.5. The molecule has 2 atom stereocenters. The van der Waals surface area contributed by atoms with Gasteiger partial charge in [0.1, 0.15) is 0 Å². The number of rotatable bonds is 4. The Morgan fingerprint density at radius 2 is 1.70 bits per heavy atom. The molecule has 0 radical (unpaired) electrons. The summed E-state index contributed by atoms with van der Waals surface area (Å²) < 4.78 is 30.3. The van der Waals surface area contributed by atoms with E-state index >= 15 is 0 Å². The zero-order chi connectivity index (χ0) is 14.8. The van der Waals surface area contributed by atoms with E-state index in [4.69, 9.17) is 4.18 Å². The van der Waals surface area contributed by atoms with E-state index in [1.807, 2.05) is 6.92 Å².